The van der Waals surface area contributed by atoms with Crippen molar-refractivity contribution in [2.75, 3.05) is 0 Å². The minimum atomic E-state index is -0.266. The molecule has 0 aliphatic heterocycles. The highest BCUT2D eigenvalue weighted by molar-refractivity contribution is 5.83. The van der Waals surface area contributed by atoms with Gasteiger partial charge in [0.1, 0.15) is 6.04 Å². The van der Waals surface area contributed by atoms with Gasteiger partial charge in [0.05, 0.1) is 6.20 Å². The number of rotatable bonds is 3. The summed E-state index contributed by atoms with van der Waals surface area (Å²) in [5, 5.41) is 15.8. The molecule has 0 amide bonds. The number of benzene rings is 1. The van der Waals surface area contributed by atoms with Gasteiger partial charge in [0.2, 0.25) is 0 Å². The molecule has 2 rings (SSSR count). The van der Waals surface area contributed by atoms with Gasteiger partial charge in [-0.05, 0) is 12.5 Å². The Morgan fingerprint density at radius 1 is 1.35 bits per heavy atom. The molecule has 0 fully saturated rings. The molecule has 5 nitrogen and oxygen atoms in total. The third-order valence-electron chi connectivity index (χ3n) is 2.65. The van der Waals surface area contributed by atoms with Crippen molar-refractivity contribution in [3.63, 3.8) is 0 Å². The van der Waals surface area contributed by atoms with Crippen LogP contribution in [-0.2, 0) is 0 Å². The lowest BCUT2D eigenvalue weighted by molar-refractivity contribution is 0.313. The Bertz CT molecular complexity index is 518. The fraction of sp³-hybridized carbons (Fsp3) is 0.167. The van der Waals surface area contributed by atoms with Gasteiger partial charge in [0.25, 0.3) is 0 Å². The van der Waals surface area contributed by atoms with Crippen LogP contribution in [0.25, 0.3) is 11.1 Å². The number of aromatic nitrogens is 2. The van der Waals surface area contributed by atoms with E-state index in [4.69, 9.17) is 10.9 Å². The smallest absolute Gasteiger partial charge is 0.163 e. The van der Waals surface area contributed by atoms with Gasteiger partial charge in [-0.2, -0.15) is 5.10 Å². The van der Waals surface area contributed by atoms with E-state index in [0.29, 0.717) is 0 Å². The lowest BCUT2D eigenvalue weighted by Crippen LogP contribution is -2.24. The maximum Gasteiger partial charge on any atom is 0.163 e. The topological polar surface area (TPSA) is 76.4 Å². The van der Waals surface area contributed by atoms with Crippen LogP contribution in [0.15, 0.2) is 47.9 Å². The quantitative estimate of drug-likeness (QED) is 0.365. The molecule has 0 spiro atoms. The van der Waals surface area contributed by atoms with Crippen LogP contribution >= 0.6 is 0 Å². The molecule has 0 aliphatic carbocycles. The second kappa shape index (κ2) is 4.69. The Balaban J connectivity index is 2.28. The van der Waals surface area contributed by atoms with Crippen LogP contribution in [0.5, 0.6) is 0 Å². The summed E-state index contributed by atoms with van der Waals surface area (Å²) in [6.07, 6.45) is 3.63. The van der Waals surface area contributed by atoms with Gasteiger partial charge >= 0.3 is 0 Å². The summed E-state index contributed by atoms with van der Waals surface area (Å²) in [5.41, 5.74) is 7.63. The summed E-state index contributed by atoms with van der Waals surface area (Å²) in [5.74, 6) is 0.132. The van der Waals surface area contributed by atoms with Crippen LogP contribution in [0.1, 0.15) is 13.0 Å². The van der Waals surface area contributed by atoms with Crippen molar-refractivity contribution in [1.82, 2.24) is 9.78 Å². The first kappa shape index (κ1) is 11.2. The summed E-state index contributed by atoms with van der Waals surface area (Å²) < 4.78 is 1.66. The largest absolute Gasteiger partial charge is 0.409 e. The summed E-state index contributed by atoms with van der Waals surface area (Å²) in [6, 6.07) is 9.66. The standard InChI is InChI=1S/C12H14N4O/c1-9(12(13)15-17)16-8-11(7-14-16)10-5-3-2-4-6-10/h2-9,17H,1H3,(H2,13,15). The molecule has 1 aromatic carbocycles. The lowest BCUT2D eigenvalue weighted by atomic mass is 10.1. The SMILES string of the molecule is CC(/C(N)=N/O)n1cc(-c2ccccc2)cn1. The third kappa shape index (κ3) is 2.28. The first-order chi connectivity index (χ1) is 8.22. The Hall–Kier alpha value is -2.30. The van der Waals surface area contributed by atoms with Gasteiger partial charge in [-0.3, -0.25) is 4.68 Å². The van der Waals surface area contributed by atoms with Crippen molar-refractivity contribution >= 4 is 5.84 Å². The Kier molecular flexibility index (Phi) is 3.09. The zero-order valence-electron chi connectivity index (χ0n) is 9.49. The molecule has 5 heteroatoms. The van der Waals surface area contributed by atoms with Crippen molar-refractivity contribution in [3.8, 4) is 11.1 Å². The average Bonchev–Trinajstić information content (AvgIpc) is 2.87. The molecule has 1 aromatic heterocycles. The highest BCUT2D eigenvalue weighted by Gasteiger charge is 2.11. The van der Waals surface area contributed by atoms with E-state index in [1.54, 1.807) is 10.9 Å². The van der Waals surface area contributed by atoms with Crippen molar-refractivity contribution in [3.05, 3.63) is 42.7 Å². The van der Waals surface area contributed by atoms with E-state index in [2.05, 4.69) is 10.3 Å². The Morgan fingerprint density at radius 2 is 2.06 bits per heavy atom. The summed E-state index contributed by atoms with van der Waals surface area (Å²) >= 11 is 0. The highest BCUT2D eigenvalue weighted by atomic mass is 16.4. The molecule has 1 atom stereocenters. The second-order valence-corrected chi connectivity index (χ2v) is 3.78. The average molecular weight is 230 g/mol. The first-order valence-electron chi connectivity index (χ1n) is 5.29. The number of oxime groups is 1. The second-order valence-electron chi connectivity index (χ2n) is 3.78. The molecule has 0 radical (unpaired) electrons. The van der Waals surface area contributed by atoms with Gasteiger partial charge < -0.3 is 10.9 Å². The molecule has 0 saturated carbocycles. The first-order valence-corrected chi connectivity index (χ1v) is 5.29. The lowest BCUT2D eigenvalue weighted by Gasteiger charge is -2.09. The van der Waals surface area contributed by atoms with E-state index in [1.807, 2.05) is 43.5 Å². The highest BCUT2D eigenvalue weighted by Crippen LogP contribution is 2.19. The summed E-state index contributed by atoms with van der Waals surface area (Å²) in [6.45, 7) is 1.82. The fourth-order valence-corrected chi connectivity index (χ4v) is 1.55. The van der Waals surface area contributed by atoms with Crippen LogP contribution in [0.4, 0.5) is 0 Å². The van der Waals surface area contributed by atoms with Gasteiger partial charge in [-0.25, -0.2) is 0 Å². The molecule has 0 bridgehead atoms. The number of hydrogen-bond acceptors (Lipinski definition) is 3. The normalized spacial score (nSPS) is 13.6. The maximum atomic E-state index is 8.61. The minimum Gasteiger partial charge on any atom is -0.409 e. The third-order valence-corrected chi connectivity index (χ3v) is 2.65. The molecule has 17 heavy (non-hydrogen) atoms. The number of amidine groups is 1. The molecule has 1 heterocycles. The Labute approximate surface area is 99.2 Å². The molecule has 88 valence electrons. The van der Waals surface area contributed by atoms with E-state index in [9.17, 15) is 0 Å². The van der Waals surface area contributed by atoms with Gasteiger partial charge in [0.15, 0.2) is 5.84 Å². The van der Waals surface area contributed by atoms with Crippen LogP contribution in [-0.4, -0.2) is 20.8 Å². The van der Waals surface area contributed by atoms with Gasteiger partial charge in [-0.15, -0.1) is 0 Å². The predicted octanol–water partition coefficient (Wildman–Crippen LogP) is 1.86. The molecular formula is C12H14N4O. The minimum absolute atomic E-state index is 0.132. The maximum absolute atomic E-state index is 8.61. The van der Waals surface area contributed by atoms with Gasteiger partial charge in [0, 0.05) is 11.8 Å². The molecule has 1 unspecified atom stereocenters. The summed E-state index contributed by atoms with van der Waals surface area (Å²) in [4.78, 5) is 0. The van der Waals surface area contributed by atoms with Crippen molar-refractivity contribution in [2.24, 2.45) is 10.9 Å². The van der Waals surface area contributed by atoms with Crippen LogP contribution in [0.3, 0.4) is 0 Å². The van der Waals surface area contributed by atoms with Gasteiger partial charge in [-0.1, -0.05) is 35.5 Å². The van der Waals surface area contributed by atoms with Crippen molar-refractivity contribution < 1.29 is 5.21 Å². The van der Waals surface area contributed by atoms with Crippen LogP contribution in [0.2, 0.25) is 0 Å². The summed E-state index contributed by atoms with van der Waals surface area (Å²) in [7, 11) is 0. The molecular weight excluding hydrogens is 216 g/mol. The van der Waals surface area contributed by atoms with Crippen molar-refractivity contribution in [2.45, 2.75) is 13.0 Å². The predicted molar refractivity (Wildman–Crippen MR) is 65.8 cm³/mol. The number of nitrogens with zero attached hydrogens (tertiary/aromatic N) is 3. The molecule has 2 aromatic rings. The molecule has 3 N–H and O–H groups in total. The fourth-order valence-electron chi connectivity index (χ4n) is 1.55. The number of nitrogens with two attached hydrogens (primary N) is 1. The molecule has 0 saturated heterocycles. The van der Waals surface area contributed by atoms with E-state index in [0.717, 1.165) is 11.1 Å². The van der Waals surface area contributed by atoms with E-state index in [1.165, 1.54) is 0 Å². The van der Waals surface area contributed by atoms with Crippen LogP contribution < -0.4 is 5.73 Å². The molecule has 0 aliphatic rings. The van der Waals surface area contributed by atoms with E-state index in [-0.39, 0.29) is 11.9 Å². The number of hydrogen-bond donors (Lipinski definition) is 2. The van der Waals surface area contributed by atoms with E-state index < -0.39 is 0 Å². The zero-order chi connectivity index (χ0) is 12.3. The van der Waals surface area contributed by atoms with Crippen LogP contribution in [0, 0.1) is 0 Å². The monoisotopic (exact) mass is 230 g/mol. The van der Waals surface area contributed by atoms with E-state index >= 15 is 0 Å². The zero-order valence-corrected chi connectivity index (χ0v) is 9.49. The van der Waals surface area contributed by atoms with Crippen molar-refractivity contribution in [1.29, 1.82) is 0 Å². The Morgan fingerprint density at radius 3 is 2.71 bits per heavy atom.